The summed E-state index contributed by atoms with van der Waals surface area (Å²) >= 11 is 0. The van der Waals surface area contributed by atoms with Crippen LogP contribution in [0.25, 0.3) is 0 Å². The molecule has 0 aliphatic heterocycles. The van der Waals surface area contributed by atoms with Gasteiger partial charge in [-0.25, -0.2) is 9.59 Å². The summed E-state index contributed by atoms with van der Waals surface area (Å²) in [6.07, 6.45) is -2.38. The van der Waals surface area contributed by atoms with E-state index in [0.717, 1.165) is 0 Å². The molecule has 15 heavy (non-hydrogen) atoms. The average molecular weight is 219 g/mol. The molecule has 88 valence electrons. The van der Waals surface area contributed by atoms with Gasteiger partial charge in [-0.15, -0.1) is 0 Å². The molecule has 0 aromatic rings. The van der Waals surface area contributed by atoms with Crippen LogP contribution in [0.1, 0.15) is 27.7 Å². The highest BCUT2D eigenvalue weighted by atomic mass is 16.6. The number of carbonyl (C=O) groups excluding carboxylic acids is 2. The van der Waals surface area contributed by atoms with Crippen molar-refractivity contribution in [1.82, 2.24) is 6.15 Å². The summed E-state index contributed by atoms with van der Waals surface area (Å²) < 4.78 is 9.20. The van der Waals surface area contributed by atoms with E-state index in [2.05, 4.69) is 19.7 Å². The first-order valence-corrected chi connectivity index (χ1v) is 4.24. The molecule has 7 heteroatoms. The number of carbonyl (C=O) groups is 2. The molecular weight excluding hydrogens is 202 g/mol. The Bertz CT molecular complexity index is 214. The van der Waals surface area contributed by atoms with Crippen molar-refractivity contribution in [3.63, 3.8) is 0 Å². The van der Waals surface area contributed by atoms with E-state index in [9.17, 15) is 9.59 Å². The van der Waals surface area contributed by atoms with E-state index in [0.29, 0.717) is 0 Å². The number of ether oxygens (including phenoxy) is 2. The van der Waals surface area contributed by atoms with Crippen molar-refractivity contribution < 1.29 is 19.1 Å². The normalized spacial score (nSPS) is 10.3. The van der Waals surface area contributed by atoms with E-state index in [1.54, 1.807) is 27.7 Å². The lowest BCUT2D eigenvalue weighted by Crippen LogP contribution is -2.09. The number of azo groups is 1. The van der Waals surface area contributed by atoms with Crippen molar-refractivity contribution in [3.8, 4) is 0 Å². The first-order chi connectivity index (χ1) is 6.41. The van der Waals surface area contributed by atoms with Crippen molar-refractivity contribution >= 4 is 12.2 Å². The third-order valence-electron chi connectivity index (χ3n) is 0.886. The van der Waals surface area contributed by atoms with Crippen molar-refractivity contribution in [2.24, 2.45) is 10.2 Å². The van der Waals surface area contributed by atoms with Crippen LogP contribution in [0.5, 0.6) is 0 Å². The first-order valence-electron chi connectivity index (χ1n) is 4.24. The number of hydrogen-bond donors (Lipinski definition) is 1. The zero-order valence-corrected chi connectivity index (χ0v) is 9.39. The van der Waals surface area contributed by atoms with Crippen LogP contribution in [0.4, 0.5) is 9.59 Å². The highest BCUT2D eigenvalue weighted by Gasteiger charge is 2.06. The topological polar surface area (TPSA) is 112 Å². The zero-order chi connectivity index (χ0) is 11.1. The monoisotopic (exact) mass is 219 g/mol. The van der Waals surface area contributed by atoms with Crippen LogP contribution in [0.2, 0.25) is 0 Å². The van der Waals surface area contributed by atoms with Crippen LogP contribution in [0, 0.1) is 0 Å². The van der Waals surface area contributed by atoms with Crippen LogP contribution in [-0.2, 0) is 9.47 Å². The van der Waals surface area contributed by atoms with E-state index in [1.165, 1.54) is 0 Å². The molecule has 0 rings (SSSR count). The second-order valence-corrected chi connectivity index (χ2v) is 3.07. The second kappa shape index (κ2) is 7.86. The highest BCUT2D eigenvalue weighted by molar-refractivity contribution is 5.73. The number of amides is 2. The molecule has 0 heterocycles. The van der Waals surface area contributed by atoms with Crippen LogP contribution < -0.4 is 6.15 Å². The molecule has 3 N–H and O–H groups in total. The molecule has 0 saturated heterocycles. The molecule has 0 aliphatic rings. The van der Waals surface area contributed by atoms with Gasteiger partial charge in [-0.3, -0.25) is 0 Å². The van der Waals surface area contributed by atoms with Gasteiger partial charge < -0.3 is 15.6 Å². The molecule has 0 unspecified atom stereocenters. The fourth-order valence-corrected chi connectivity index (χ4v) is 0.532. The van der Waals surface area contributed by atoms with Gasteiger partial charge in [0.1, 0.15) is 0 Å². The molecule has 0 fully saturated rings. The Morgan fingerprint density at radius 3 is 1.33 bits per heavy atom. The number of hydrogen-bond acceptors (Lipinski definition) is 5. The maximum atomic E-state index is 10.8. The summed E-state index contributed by atoms with van der Waals surface area (Å²) in [6, 6.07) is 0. The Morgan fingerprint density at radius 2 is 1.13 bits per heavy atom. The Kier molecular flexibility index (Phi) is 8.36. The van der Waals surface area contributed by atoms with E-state index >= 15 is 0 Å². The number of nitrogens with zero attached hydrogens (tertiary/aromatic N) is 2. The molecule has 2 amide bonds. The lowest BCUT2D eigenvalue weighted by molar-refractivity contribution is 0.115. The second-order valence-electron chi connectivity index (χ2n) is 3.07. The Balaban J connectivity index is 0. The maximum Gasteiger partial charge on any atom is 0.452 e. The average Bonchev–Trinajstić information content (AvgIpc) is 1.98. The molecule has 0 bridgehead atoms. The fourth-order valence-electron chi connectivity index (χ4n) is 0.532. The van der Waals surface area contributed by atoms with Crippen molar-refractivity contribution in [1.29, 1.82) is 0 Å². The molecule has 0 aromatic heterocycles. The van der Waals surface area contributed by atoms with Crippen LogP contribution >= 0.6 is 0 Å². The van der Waals surface area contributed by atoms with Gasteiger partial charge in [0.05, 0.1) is 12.2 Å². The summed E-state index contributed by atoms with van der Waals surface area (Å²) in [5.41, 5.74) is 0. The third-order valence-corrected chi connectivity index (χ3v) is 0.886. The van der Waals surface area contributed by atoms with Crippen molar-refractivity contribution in [3.05, 3.63) is 0 Å². The molecule has 0 saturated carbocycles. The quantitative estimate of drug-likeness (QED) is 0.717. The third kappa shape index (κ3) is 10.4. The highest BCUT2D eigenvalue weighted by Crippen LogP contribution is 1.96. The zero-order valence-electron chi connectivity index (χ0n) is 9.39. The molecule has 0 aliphatic carbocycles. The van der Waals surface area contributed by atoms with Gasteiger partial charge in [-0.2, -0.15) is 0 Å². The Morgan fingerprint density at radius 1 is 0.867 bits per heavy atom. The van der Waals surface area contributed by atoms with Gasteiger partial charge in [-0.05, 0) is 27.7 Å². The standard InChI is InChI=1S/C8H14N2O4.H3N/c1-5(2)13-7(11)9-10-8(12)14-6(3)4;/h5-6H,1-4H3;1H3. The largest absolute Gasteiger partial charge is 0.452 e. The minimum Gasteiger partial charge on any atom is -0.444 e. The molecular formula is C8H17N3O4. The molecule has 0 aromatic carbocycles. The van der Waals surface area contributed by atoms with Crippen molar-refractivity contribution in [2.75, 3.05) is 0 Å². The lowest BCUT2D eigenvalue weighted by Gasteiger charge is -2.03. The maximum absolute atomic E-state index is 10.8. The fraction of sp³-hybridized carbons (Fsp3) is 0.750. The summed E-state index contributed by atoms with van der Waals surface area (Å²) in [5.74, 6) is 0. The Labute approximate surface area is 88.4 Å². The minimum atomic E-state index is -0.902. The predicted octanol–water partition coefficient (Wildman–Crippen LogP) is 2.69. The SMILES string of the molecule is CC(C)OC(=O)N=NC(=O)OC(C)C.N. The minimum absolute atomic E-state index is 0. The van der Waals surface area contributed by atoms with E-state index < -0.39 is 12.2 Å². The lowest BCUT2D eigenvalue weighted by atomic mass is 10.5. The molecule has 0 spiro atoms. The summed E-state index contributed by atoms with van der Waals surface area (Å²) in [4.78, 5) is 21.5. The molecule has 7 nitrogen and oxygen atoms in total. The van der Waals surface area contributed by atoms with Gasteiger partial charge in [0, 0.05) is 0 Å². The summed E-state index contributed by atoms with van der Waals surface area (Å²) in [5, 5.41) is 6.01. The van der Waals surface area contributed by atoms with Gasteiger partial charge in [0.2, 0.25) is 0 Å². The van der Waals surface area contributed by atoms with Gasteiger partial charge in [0.25, 0.3) is 0 Å². The molecule has 0 atom stereocenters. The van der Waals surface area contributed by atoms with Crippen LogP contribution in [0.15, 0.2) is 10.2 Å². The van der Waals surface area contributed by atoms with Crippen LogP contribution in [0.3, 0.4) is 0 Å². The van der Waals surface area contributed by atoms with Gasteiger partial charge in [0.15, 0.2) is 0 Å². The smallest absolute Gasteiger partial charge is 0.444 e. The number of rotatable bonds is 2. The van der Waals surface area contributed by atoms with E-state index in [1.807, 2.05) is 0 Å². The summed E-state index contributed by atoms with van der Waals surface area (Å²) in [7, 11) is 0. The Hall–Kier alpha value is -1.50. The van der Waals surface area contributed by atoms with Gasteiger partial charge in [-0.1, -0.05) is 10.2 Å². The van der Waals surface area contributed by atoms with Gasteiger partial charge >= 0.3 is 12.2 Å². The van der Waals surface area contributed by atoms with E-state index in [-0.39, 0.29) is 18.4 Å². The van der Waals surface area contributed by atoms with E-state index in [4.69, 9.17) is 0 Å². The molecule has 0 radical (unpaired) electrons. The first kappa shape index (κ1) is 15.9. The van der Waals surface area contributed by atoms with Crippen molar-refractivity contribution in [2.45, 2.75) is 39.9 Å². The van der Waals surface area contributed by atoms with Crippen LogP contribution in [-0.4, -0.2) is 24.4 Å². The summed E-state index contributed by atoms with van der Waals surface area (Å²) in [6.45, 7) is 6.67. The predicted molar refractivity (Wildman–Crippen MR) is 53.1 cm³/mol.